The molecule has 0 saturated heterocycles. The van der Waals surface area contributed by atoms with Gasteiger partial charge < -0.3 is 4.74 Å². The van der Waals surface area contributed by atoms with Gasteiger partial charge in [0.1, 0.15) is 11.4 Å². The zero-order valence-electron chi connectivity index (χ0n) is 12.3. The first kappa shape index (κ1) is 13.1. The molecule has 110 valence electrons. The molecule has 1 fully saturated rings. The Morgan fingerprint density at radius 3 is 2.73 bits per heavy atom. The van der Waals surface area contributed by atoms with Gasteiger partial charge in [0.05, 0.1) is 12.7 Å². The predicted molar refractivity (Wildman–Crippen MR) is 86.3 cm³/mol. The smallest absolute Gasteiger partial charge is 0.260 e. The number of ether oxygens (including phenoxy) is 1. The number of methoxy groups -OCH3 is 1. The minimum atomic E-state index is 0.0122. The molecule has 1 saturated carbocycles. The second-order valence-corrected chi connectivity index (χ2v) is 5.58. The van der Waals surface area contributed by atoms with Crippen LogP contribution in [0.3, 0.4) is 0 Å². The third-order valence-electron chi connectivity index (χ3n) is 4.10. The van der Waals surface area contributed by atoms with E-state index in [-0.39, 0.29) is 11.6 Å². The zero-order chi connectivity index (χ0) is 15.1. The quantitative estimate of drug-likeness (QED) is 0.743. The van der Waals surface area contributed by atoms with Crippen LogP contribution in [0.15, 0.2) is 53.5 Å². The fourth-order valence-corrected chi connectivity index (χ4v) is 2.90. The Labute approximate surface area is 128 Å². The summed E-state index contributed by atoms with van der Waals surface area (Å²) >= 11 is 0. The van der Waals surface area contributed by atoms with Crippen LogP contribution >= 0.6 is 0 Å². The van der Waals surface area contributed by atoms with Crippen LogP contribution in [0.2, 0.25) is 0 Å². The highest BCUT2D eigenvalue weighted by Crippen LogP contribution is 2.37. The lowest BCUT2D eigenvalue weighted by molar-refractivity contribution is 0.416. The summed E-state index contributed by atoms with van der Waals surface area (Å²) in [4.78, 5) is 17.4. The first-order valence-electron chi connectivity index (χ1n) is 7.43. The van der Waals surface area contributed by atoms with E-state index in [9.17, 15) is 4.79 Å². The Morgan fingerprint density at radius 1 is 1.14 bits per heavy atom. The average Bonchev–Trinajstić information content (AvgIpc) is 3.39. The molecule has 1 aromatic carbocycles. The van der Waals surface area contributed by atoms with E-state index in [2.05, 4.69) is 4.98 Å². The van der Waals surface area contributed by atoms with Crippen LogP contribution in [0.1, 0.15) is 18.9 Å². The Hall–Kier alpha value is -2.62. The summed E-state index contributed by atoms with van der Waals surface area (Å²) in [5, 5.41) is 0.981. The predicted octanol–water partition coefficient (Wildman–Crippen LogP) is 3.41. The second kappa shape index (κ2) is 4.98. The van der Waals surface area contributed by atoms with Gasteiger partial charge in [0, 0.05) is 23.2 Å². The van der Waals surface area contributed by atoms with Crippen molar-refractivity contribution < 1.29 is 4.74 Å². The summed E-state index contributed by atoms with van der Waals surface area (Å²) < 4.78 is 7.26. The first-order valence-corrected chi connectivity index (χ1v) is 7.43. The van der Waals surface area contributed by atoms with Crippen molar-refractivity contribution in [3.8, 4) is 16.9 Å². The Balaban J connectivity index is 2.07. The monoisotopic (exact) mass is 292 g/mol. The number of hydrogen-bond donors (Lipinski definition) is 0. The summed E-state index contributed by atoms with van der Waals surface area (Å²) in [6.45, 7) is 0. The van der Waals surface area contributed by atoms with Crippen LogP contribution in [0.4, 0.5) is 0 Å². The number of benzene rings is 1. The van der Waals surface area contributed by atoms with Crippen molar-refractivity contribution in [3.05, 3.63) is 59.0 Å². The molecular formula is C18H16N2O2. The van der Waals surface area contributed by atoms with Gasteiger partial charge in [-0.15, -0.1) is 0 Å². The molecule has 2 aromatic heterocycles. The normalized spacial score (nSPS) is 14.2. The van der Waals surface area contributed by atoms with Crippen LogP contribution in [0, 0.1) is 0 Å². The standard InChI is InChI=1S/C18H16N2O2/c1-22-16-7-3-2-6-14(16)15-11-12-5-4-10-19-17(12)20(18(15)21)13-8-9-13/h2-7,10-11,13H,8-9H2,1H3. The summed E-state index contributed by atoms with van der Waals surface area (Å²) in [5.41, 5.74) is 2.28. The lowest BCUT2D eigenvalue weighted by Crippen LogP contribution is -2.22. The van der Waals surface area contributed by atoms with Crippen molar-refractivity contribution in [2.24, 2.45) is 0 Å². The largest absolute Gasteiger partial charge is 0.496 e. The number of para-hydroxylation sites is 1. The maximum atomic E-state index is 13.0. The Bertz CT molecular complexity index is 910. The fraction of sp³-hybridized carbons (Fsp3) is 0.222. The molecule has 1 aliphatic rings. The molecule has 0 N–H and O–H groups in total. The van der Waals surface area contributed by atoms with Crippen molar-refractivity contribution in [3.63, 3.8) is 0 Å². The highest BCUT2D eigenvalue weighted by molar-refractivity contribution is 5.83. The van der Waals surface area contributed by atoms with Crippen molar-refractivity contribution in [1.29, 1.82) is 0 Å². The van der Waals surface area contributed by atoms with Gasteiger partial charge in [-0.3, -0.25) is 9.36 Å². The molecule has 4 heteroatoms. The van der Waals surface area contributed by atoms with E-state index in [4.69, 9.17) is 4.74 Å². The topological polar surface area (TPSA) is 44.1 Å². The van der Waals surface area contributed by atoms with Crippen LogP contribution in [-0.2, 0) is 0 Å². The molecule has 0 aliphatic heterocycles. The van der Waals surface area contributed by atoms with Gasteiger partial charge >= 0.3 is 0 Å². The lowest BCUT2D eigenvalue weighted by atomic mass is 10.0. The number of aromatic nitrogens is 2. The van der Waals surface area contributed by atoms with E-state index in [0.29, 0.717) is 11.3 Å². The number of nitrogens with zero attached hydrogens (tertiary/aromatic N) is 2. The molecule has 0 radical (unpaired) electrons. The van der Waals surface area contributed by atoms with Crippen LogP contribution < -0.4 is 10.3 Å². The maximum Gasteiger partial charge on any atom is 0.260 e. The molecule has 3 aromatic rings. The summed E-state index contributed by atoms with van der Waals surface area (Å²) in [5.74, 6) is 0.713. The minimum absolute atomic E-state index is 0.0122. The molecular weight excluding hydrogens is 276 g/mol. The van der Waals surface area contributed by atoms with Gasteiger partial charge in [-0.05, 0) is 37.1 Å². The van der Waals surface area contributed by atoms with E-state index in [1.54, 1.807) is 13.3 Å². The zero-order valence-corrected chi connectivity index (χ0v) is 12.3. The van der Waals surface area contributed by atoms with Crippen LogP contribution in [0.25, 0.3) is 22.2 Å². The Kier molecular flexibility index (Phi) is 2.96. The van der Waals surface area contributed by atoms with E-state index >= 15 is 0 Å². The van der Waals surface area contributed by atoms with Gasteiger partial charge in [0.15, 0.2) is 0 Å². The fourth-order valence-electron chi connectivity index (χ4n) is 2.90. The number of hydrogen-bond acceptors (Lipinski definition) is 3. The Morgan fingerprint density at radius 2 is 1.95 bits per heavy atom. The molecule has 2 heterocycles. The molecule has 4 rings (SSSR count). The van der Waals surface area contributed by atoms with Gasteiger partial charge in [-0.25, -0.2) is 4.98 Å². The van der Waals surface area contributed by atoms with E-state index in [1.165, 1.54) is 0 Å². The summed E-state index contributed by atoms with van der Waals surface area (Å²) in [6, 6.07) is 13.7. The number of pyridine rings is 2. The number of rotatable bonds is 3. The highest BCUT2D eigenvalue weighted by atomic mass is 16.5. The minimum Gasteiger partial charge on any atom is -0.496 e. The van der Waals surface area contributed by atoms with Crippen molar-refractivity contribution in [2.75, 3.05) is 7.11 Å². The van der Waals surface area contributed by atoms with Gasteiger partial charge in [-0.1, -0.05) is 18.2 Å². The highest BCUT2D eigenvalue weighted by Gasteiger charge is 2.28. The molecule has 1 aliphatic carbocycles. The van der Waals surface area contributed by atoms with Crippen LogP contribution in [-0.4, -0.2) is 16.7 Å². The molecule has 0 amide bonds. The van der Waals surface area contributed by atoms with E-state index < -0.39 is 0 Å². The molecule has 22 heavy (non-hydrogen) atoms. The number of fused-ring (bicyclic) bond motifs is 1. The lowest BCUT2D eigenvalue weighted by Gasteiger charge is -2.13. The first-order chi connectivity index (χ1) is 10.8. The second-order valence-electron chi connectivity index (χ2n) is 5.58. The average molecular weight is 292 g/mol. The molecule has 0 spiro atoms. The van der Waals surface area contributed by atoms with Crippen molar-refractivity contribution >= 4 is 11.0 Å². The summed E-state index contributed by atoms with van der Waals surface area (Å²) in [7, 11) is 1.63. The summed E-state index contributed by atoms with van der Waals surface area (Å²) in [6.07, 6.45) is 3.82. The maximum absolute atomic E-state index is 13.0. The molecule has 4 nitrogen and oxygen atoms in total. The van der Waals surface area contributed by atoms with E-state index in [0.717, 1.165) is 29.4 Å². The van der Waals surface area contributed by atoms with Gasteiger partial charge in [0.25, 0.3) is 5.56 Å². The third-order valence-corrected chi connectivity index (χ3v) is 4.10. The molecule has 0 bridgehead atoms. The van der Waals surface area contributed by atoms with Crippen LogP contribution in [0.5, 0.6) is 5.75 Å². The van der Waals surface area contributed by atoms with Crippen molar-refractivity contribution in [1.82, 2.24) is 9.55 Å². The van der Waals surface area contributed by atoms with E-state index in [1.807, 2.05) is 47.0 Å². The molecule has 0 unspecified atom stereocenters. The van der Waals surface area contributed by atoms with Gasteiger partial charge in [-0.2, -0.15) is 0 Å². The third kappa shape index (κ3) is 1.99. The van der Waals surface area contributed by atoms with Crippen molar-refractivity contribution in [2.45, 2.75) is 18.9 Å². The molecule has 0 atom stereocenters. The van der Waals surface area contributed by atoms with Gasteiger partial charge in [0.2, 0.25) is 0 Å². The SMILES string of the molecule is COc1ccccc1-c1cc2cccnc2n(C2CC2)c1=O.